The van der Waals surface area contributed by atoms with E-state index in [0.29, 0.717) is 42.3 Å². The third-order valence-corrected chi connectivity index (χ3v) is 6.49. The zero-order valence-corrected chi connectivity index (χ0v) is 21.1. The molecule has 194 valence electrons. The largest absolute Gasteiger partial charge is 0.494 e. The molecule has 1 aliphatic heterocycles. The van der Waals surface area contributed by atoms with Crippen LogP contribution in [0.25, 0.3) is 22.4 Å². The molecule has 0 aliphatic carbocycles. The fraction of sp³-hybridized carbons (Fsp3) is 0.357. The number of nitriles is 1. The smallest absolute Gasteiger partial charge is 0.192 e. The number of hydrogen-bond donors (Lipinski definition) is 3. The van der Waals surface area contributed by atoms with Crippen LogP contribution >= 0.6 is 0 Å². The molecule has 37 heavy (non-hydrogen) atoms. The van der Waals surface area contributed by atoms with Gasteiger partial charge >= 0.3 is 0 Å². The summed E-state index contributed by atoms with van der Waals surface area (Å²) < 4.78 is 34.1. The molecule has 0 radical (unpaired) electrons. The van der Waals surface area contributed by atoms with Crippen molar-refractivity contribution in [2.24, 2.45) is 0 Å². The number of nitrogens with zero attached hydrogens (tertiary/aromatic N) is 2. The molecule has 2 heterocycles. The molecule has 1 saturated heterocycles. The van der Waals surface area contributed by atoms with E-state index < -0.39 is 17.2 Å². The van der Waals surface area contributed by atoms with E-state index in [2.05, 4.69) is 10.3 Å². The Morgan fingerprint density at radius 2 is 1.81 bits per heavy atom. The van der Waals surface area contributed by atoms with Gasteiger partial charge in [0, 0.05) is 37.3 Å². The SMILES string of the molecule is COc1ccc(-c2c(-c3ccc(C#N)c(F)c3)[nH]c(N3CCC(NCC(C)(C)O)CC3)cc2=O)cc1F. The lowest BCUT2D eigenvalue weighted by atomic mass is 9.97. The highest BCUT2D eigenvalue weighted by molar-refractivity contribution is 5.82. The quantitative estimate of drug-likeness (QED) is 0.442. The molecule has 1 aliphatic rings. The van der Waals surface area contributed by atoms with Crippen molar-refractivity contribution >= 4 is 5.82 Å². The highest BCUT2D eigenvalue weighted by Crippen LogP contribution is 2.33. The summed E-state index contributed by atoms with van der Waals surface area (Å²) in [7, 11) is 1.36. The Hall–Kier alpha value is -3.74. The minimum atomic E-state index is -0.801. The molecule has 3 aromatic rings. The summed E-state index contributed by atoms with van der Waals surface area (Å²) in [4.78, 5) is 18.8. The maximum atomic E-state index is 14.6. The molecular formula is C28H30F2N4O3. The Labute approximate surface area is 214 Å². The molecule has 4 rings (SSSR count). The van der Waals surface area contributed by atoms with Gasteiger partial charge in [0.1, 0.15) is 17.7 Å². The lowest BCUT2D eigenvalue weighted by Gasteiger charge is -2.35. The lowest BCUT2D eigenvalue weighted by Crippen LogP contribution is -2.47. The molecular weight excluding hydrogens is 478 g/mol. The van der Waals surface area contributed by atoms with Gasteiger partial charge in [-0.25, -0.2) is 8.78 Å². The van der Waals surface area contributed by atoms with Gasteiger partial charge in [-0.1, -0.05) is 12.1 Å². The molecule has 3 N–H and O–H groups in total. The molecule has 0 bridgehead atoms. The number of H-pyrrole nitrogens is 1. The van der Waals surface area contributed by atoms with Crippen molar-refractivity contribution < 1.29 is 18.6 Å². The van der Waals surface area contributed by atoms with E-state index in [1.165, 1.54) is 37.4 Å². The standard InChI is InChI=1S/C28H30F2N4O3/c1-28(2,36)16-32-20-8-10-34(11-9-20)25-14-23(35)26(17-6-7-24(37-3)22(30)12-17)27(33-25)18-4-5-19(15-31)21(29)13-18/h4-7,12-14,20,32,36H,8-11,16H2,1-3H3,(H,33,35). The number of nitrogens with one attached hydrogen (secondary N) is 2. The molecule has 0 spiro atoms. The first-order chi connectivity index (χ1) is 17.6. The van der Waals surface area contributed by atoms with Gasteiger partial charge in [-0.3, -0.25) is 4.79 Å². The number of anilines is 1. The number of aliphatic hydroxyl groups is 1. The van der Waals surface area contributed by atoms with Crippen molar-refractivity contribution in [2.75, 3.05) is 31.6 Å². The topological polar surface area (TPSA) is 101 Å². The Kier molecular flexibility index (Phi) is 7.62. The maximum Gasteiger partial charge on any atom is 0.192 e. The number of halogens is 2. The van der Waals surface area contributed by atoms with Crippen LogP contribution in [0.5, 0.6) is 5.75 Å². The van der Waals surface area contributed by atoms with Crippen LogP contribution in [-0.4, -0.2) is 48.5 Å². The number of piperidine rings is 1. The summed E-state index contributed by atoms with van der Waals surface area (Å²) in [5.41, 5.74) is -0.0531. The fourth-order valence-corrected chi connectivity index (χ4v) is 4.52. The van der Waals surface area contributed by atoms with Crippen LogP contribution in [0.2, 0.25) is 0 Å². The Bertz CT molecular complexity index is 1380. The van der Waals surface area contributed by atoms with Gasteiger partial charge in [-0.05, 0) is 56.5 Å². The minimum absolute atomic E-state index is 0.0452. The van der Waals surface area contributed by atoms with E-state index in [1.807, 2.05) is 4.90 Å². The molecule has 1 fully saturated rings. The number of aromatic amines is 1. The first-order valence-corrected chi connectivity index (χ1v) is 12.1. The van der Waals surface area contributed by atoms with Crippen LogP contribution in [0.3, 0.4) is 0 Å². The third-order valence-electron chi connectivity index (χ3n) is 6.49. The predicted molar refractivity (Wildman–Crippen MR) is 139 cm³/mol. The molecule has 0 atom stereocenters. The first kappa shape index (κ1) is 26.3. The first-order valence-electron chi connectivity index (χ1n) is 12.1. The number of aromatic nitrogens is 1. The molecule has 0 saturated carbocycles. The second-order valence-corrected chi connectivity index (χ2v) is 9.88. The minimum Gasteiger partial charge on any atom is -0.494 e. The number of ether oxygens (including phenoxy) is 1. The summed E-state index contributed by atoms with van der Waals surface area (Å²) in [6.45, 7) is 5.32. The third kappa shape index (κ3) is 5.98. The molecule has 2 aromatic carbocycles. The predicted octanol–water partition coefficient (Wildman–Crippen LogP) is 4.20. The van der Waals surface area contributed by atoms with E-state index in [0.717, 1.165) is 12.8 Å². The average Bonchev–Trinajstić information content (AvgIpc) is 2.86. The van der Waals surface area contributed by atoms with Gasteiger partial charge in [0.25, 0.3) is 0 Å². The van der Waals surface area contributed by atoms with Gasteiger partial charge < -0.3 is 25.0 Å². The zero-order valence-electron chi connectivity index (χ0n) is 21.1. The summed E-state index contributed by atoms with van der Waals surface area (Å²) in [6, 6.07) is 11.9. The van der Waals surface area contributed by atoms with Crippen LogP contribution in [0.15, 0.2) is 47.3 Å². The van der Waals surface area contributed by atoms with E-state index in [9.17, 15) is 18.7 Å². The normalized spacial score (nSPS) is 14.5. The van der Waals surface area contributed by atoms with Gasteiger partial charge in [-0.2, -0.15) is 5.26 Å². The van der Waals surface area contributed by atoms with Crippen LogP contribution in [0.4, 0.5) is 14.6 Å². The fourth-order valence-electron chi connectivity index (χ4n) is 4.52. The van der Waals surface area contributed by atoms with Gasteiger partial charge in [-0.15, -0.1) is 0 Å². The van der Waals surface area contributed by atoms with Gasteiger partial charge in [0.05, 0.1) is 29.5 Å². The lowest BCUT2D eigenvalue weighted by molar-refractivity contribution is 0.0752. The van der Waals surface area contributed by atoms with E-state index in [4.69, 9.17) is 10.00 Å². The zero-order chi connectivity index (χ0) is 26.7. The monoisotopic (exact) mass is 508 g/mol. The molecule has 9 heteroatoms. The van der Waals surface area contributed by atoms with Crippen molar-refractivity contribution in [3.05, 3.63) is 69.9 Å². The van der Waals surface area contributed by atoms with E-state index >= 15 is 0 Å². The van der Waals surface area contributed by atoms with Crippen LogP contribution < -0.4 is 20.4 Å². The van der Waals surface area contributed by atoms with Crippen LogP contribution in [0, 0.1) is 23.0 Å². The van der Waals surface area contributed by atoms with Crippen molar-refractivity contribution in [3.63, 3.8) is 0 Å². The molecule has 0 amide bonds. The second kappa shape index (κ2) is 10.7. The molecule has 1 aromatic heterocycles. The average molecular weight is 509 g/mol. The Morgan fingerprint density at radius 1 is 1.14 bits per heavy atom. The highest BCUT2D eigenvalue weighted by Gasteiger charge is 2.24. The summed E-state index contributed by atoms with van der Waals surface area (Å²) in [5.74, 6) is -0.717. The van der Waals surface area contributed by atoms with Crippen molar-refractivity contribution in [3.8, 4) is 34.2 Å². The Balaban J connectivity index is 1.73. The second-order valence-electron chi connectivity index (χ2n) is 9.88. The Morgan fingerprint density at radius 3 is 2.41 bits per heavy atom. The summed E-state index contributed by atoms with van der Waals surface area (Å²) >= 11 is 0. The summed E-state index contributed by atoms with van der Waals surface area (Å²) in [6.07, 6.45) is 1.62. The van der Waals surface area contributed by atoms with E-state index in [1.54, 1.807) is 32.0 Å². The highest BCUT2D eigenvalue weighted by atomic mass is 19.1. The molecule has 0 unspecified atom stereocenters. The summed E-state index contributed by atoms with van der Waals surface area (Å²) in [5, 5.41) is 22.5. The van der Waals surface area contributed by atoms with Crippen molar-refractivity contribution in [2.45, 2.75) is 38.3 Å². The van der Waals surface area contributed by atoms with E-state index in [-0.39, 0.29) is 28.3 Å². The van der Waals surface area contributed by atoms with Crippen molar-refractivity contribution in [1.29, 1.82) is 5.26 Å². The van der Waals surface area contributed by atoms with Crippen LogP contribution in [-0.2, 0) is 0 Å². The number of benzene rings is 2. The van der Waals surface area contributed by atoms with Gasteiger partial charge in [0.2, 0.25) is 0 Å². The molecule has 7 nitrogen and oxygen atoms in total. The number of pyridine rings is 1. The number of rotatable bonds is 7. The maximum absolute atomic E-state index is 14.6. The van der Waals surface area contributed by atoms with Crippen LogP contribution in [0.1, 0.15) is 32.3 Å². The number of methoxy groups -OCH3 is 1. The van der Waals surface area contributed by atoms with Gasteiger partial charge in [0.15, 0.2) is 17.0 Å². The number of hydrogen-bond acceptors (Lipinski definition) is 6. The van der Waals surface area contributed by atoms with Crippen molar-refractivity contribution in [1.82, 2.24) is 10.3 Å².